The molecule has 1 aromatic rings. The number of nitrogens with zero attached hydrogens (tertiary/aromatic N) is 4. The summed E-state index contributed by atoms with van der Waals surface area (Å²) >= 11 is 0. The van der Waals surface area contributed by atoms with Crippen LogP contribution >= 0.6 is 0 Å². The van der Waals surface area contributed by atoms with Crippen LogP contribution in [0.15, 0.2) is 43.0 Å². The van der Waals surface area contributed by atoms with E-state index in [-0.39, 0.29) is 20.1 Å². The number of ether oxygens (including phenoxy) is 1. The van der Waals surface area contributed by atoms with Gasteiger partial charge in [-0.1, -0.05) is 0 Å². The SMILES string of the molecule is CN1C=CN(c2[c-]c(N3C=CN(C)[CH-]3)ccc2)[CH-]1.[CH2-]CCC[CH-]CC(O)OC.[Ir]. The number of benzene rings is 1. The van der Waals surface area contributed by atoms with Crippen LogP contribution in [0.2, 0.25) is 0 Å². The Morgan fingerprint density at radius 3 is 2.07 bits per heavy atom. The number of hydrogen-bond acceptors (Lipinski definition) is 6. The Balaban J connectivity index is 0.000000332. The average Bonchev–Trinajstić information content (AvgIpc) is 3.34. The molecule has 1 atom stereocenters. The largest absolute Gasteiger partial charge is 0.510 e. The Kier molecular flexibility index (Phi) is 12.0. The van der Waals surface area contributed by atoms with Crippen molar-refractivity contribution in [2.24, 2.45) is 0 Å². The van der Waals surface area contributed by atoms with Crippen LogP contribution in [0.1, 0.15) is 25.7 Å². The van der Waals surface area contributed by atoms with E-state index in [1.165, 1.54) is 7.11 Å². The van der Waals surface area contributed by atoms with Gasteiger partial charge in [-0.05, 0) is 38.9 Å². The van der Waals surface area contributed by atoms with Gasteiger partial charge in [0.15, 0.2) is 0 Å². The zero-order valence-corrected chi connectivity index (χ0v) is 19.8. The van der Waals surface area contributed by atoms with Crippen molar-refractivity contribution in [3.05, 3.63) is 75.7 Å². The van der Waals surface area contributed by atoms with Gasteiger partial charge < -0.3 is 42.8 Å². The average molecular weight is 576 g/mol. The molecule has 2 aliphatic rings. The Morgan fingerprint density at radius 2 is 1.66 bits per heavy atom. The Morgan fingerprint density at radius 1 is 1.10 bits per heavy atom. The second-order valence-corrected chi connectivity index (χ2v) is 6.60. The van der Waals surface area contributed by atoms with Crippen molar-refractivity contribution in [3.63, 3.8) is 0 Å². The number of methoxy groups -OCH3 is 1. The zero-order valence-electron chi connectivity index (χ0n) is 17.4. The van der Waals surface area contributed by atoms with Crippen molar-refractivity contribution < 1.29 is 29.9 Å². The first-order chi connectivity index (χ1) is 13.5. The number of aliphatic hydroxyl groups is 1. The number of unbranched alkanes of at least 4 members (excludes halogenated alkanes) is 3. The summed E-state index contributed by atoms with van der Waals surface area (Å²) in [7, 11) is 5.51. The summed E-state index contributed by atoms with van der Waals surface area (Å²) in [6.07, 6.45) is 13.2. The first-order valence-corrected chi connectivity index (χ1v) is 9.44. The Bertz CT molecular complexity index is 600. The van der Waals surface area contributed by atoms with Crippen LogP contribution < -0.4 is 9.80 Å². The monoisotopic (exact) mass is 576 g/mol. The molecule has 0 saturated heterocycles. The molecule has 1 unspecified atom stereocenters. The molecule has 165 valence electrons. The van der Waals surface area contributed by atoms with Crippen molar-refractivity contribution in [1.29, 1.82) is 0 Å². The maximum absolute atomic E-state index is 8.89. The molecular weight excluding hydrogens is 544 g/mol. The fourth-order valence-electron chi connectivity index (χ4n) is 2.58. The van der Waals surface area contributed by atoms with Crippen LogP contribution in [0.3, 0.4) is 0 Å². The van der Waals surface area contributed by atoms with Gasteiger partial charge in [-0.3, -0.25) is 0 Å². The van der Waals surface area contributed by atoms with Gasteiger partial charge in [-0.25, -0.2) is 0 Å². The first kappa shape index (κ1) is 25.5. The molecule has 0 bridgehead atoms. The van der Waals surface area contributed by atoms with Gasteiger partial charge in [-0.15, -0.1) is 42.4 Å². The molecule has 0 amide bonds. The summed E-state index contributed by atoms with van der Waals surface area (Å²) < 4.78 is 4.64. The topological polar surface area (TPSA) is 42.4 Å². The summed E-state index contributed by atoms with van der Waals surface area (Å²) in [6.45, 7) is 7.75. The summed E-state index contributed by atoms with van der Waals surface area (Å²) in [5.41, 5.74) is 2.06. The zero-order chi connectivity index (χ0) is 20.4. The van der Waals surface area contributed by atoms with Crippen molar-refractivity contribution >= 4 is 11.4 Å². The standard InChI is InChI=1S/C14H15N4.C8H16O2.Ir/c1-15-6-8-17(11-15)13-4-3-5-14(10-13)18-9-7-16(2)12-18;1-3-4-5-6-7-8(9)10-2;/h3-9,11-12H,1-2H3;6,8-9H,1,3-5,7H2,2H3;/q-3;-2;. The number of aliphatic hydroxyl groups excluding tert-OH is 1. The summed E-state index contributed by atoms with van der Waals surface area (Å²) in [5.74, 6) is 0. The summed E-state index contributed by atoms with van der Waals surface area (Å²) in [6, 6.07) is 9.54. The molecule has 0 saturated carbocycles. The third-order valence-corrected chi connectivity index (χ3v) is 4.16. The van der Waals surface area contributed by atoms with Crippen LogP contribution in [0.5, 0.6) is 0 Å². The molecule has 1 N–H and O–H groups in total. The van der Waals surface area contributed by atoms with E-state index in [9.17, 15) is 0 Å². The minimum absolute atomic E-state index is 0. The van der Waals surface area contributed by atoms with E-state index < -0.39 is 6.29 Å². The Labute approximate surface area is 189 Å². The number of anilines is 2. The smallest absolute Gasteiger partial charge is 0.127 e. The predicted molar refractivity (Wildman–Crippen MR) is 114 cm³/mol. The van der Waals surface area contributed by atoms with Crippen molar-refractivity contribution in [3.8, 4) is 0 Å². The molecule has 0 aromatic heterocycles. The van der Waals surface area contributed by atoms with Gasteiger partial charge in [0.05, 0.1) is 0 Å². The molecular formula is C22H31IrN4O2-5. The summed E-state index contributed by atoms with van der Waals surface area (Å²) in [5, 5.41) is 8.89. The van der Waals surface area contributed by atoms with Gasteiger partial charge in [0.25, 0.3) is 0 Å². The maximum atomic E-state index is 8.89. The third kappa shape index (κ3) is 8.79. The molecule has 6 nitrogen and oxygen atoms in total. The van der Waals surface area contributed by atoms with E-state index in [1.807, 2.05) is 96.5 Å². The summed E-state index contributed by atoms with van der Waals surface area (Å²) in [4.78, 5) is 8.12. The molecule has 2 aliphatic heterocycles. The molecule has 29 heavy (non-hydrogen) atoms. The molecule has 2 heterocycles. The molecule has 1 aromatic carbocycles. The normalized spacial score (nSPS) is 16.0. The molecule has 7 heteroatoms. The number of rotatable bonds is 8. The Hall–Kier alpha value is -1.53. The second kappa shape index (κ2) is 13.6. The fourth-order valence-corrected chi connectivity index (χ4v) is 2.58. The molecule has 0 fully saturated rings. The van der Waals surface area contributed by atoms with Crippen molar-refractivity contribution in [2.45, 2.75) is 32.0 Å². The second-order valence-electron chi connectivity index (χ2n) is 6.60. The van der Waals surface area contributed by atoms with Crippen LogP contribution in [-0.4, -0.2) is 42.4 Å². The van der Waals surface area contributed by atoms with Crippen molar-refractivity contribution in [1.82, 2.24) is 9.80 Å². The van der Waals surface area contributed by atoms with Gasteiger partial charge in [-0.2, -0.15) is 32.2 Å². The molecule has 3 rings (SSSR count). The molecule has 0 spiro atoms. The van der Waals surface area contributed by atoms with Crippen LogP contribution in [0, 0.1) is 32.7 Å². The molecule has 1 radical (unpaired) electrons. The van der Waals surface area contributed by atoms with E-state index in [1.54, 1.807) is 0 Å². The van der Waals surface area contributed by atoms with Gasteiger partial charge in [0.2, 0.25) is 0 Å². The van der Waals surface area contributed by atoms with E-state index in [2.05, 4.69) is 17.7 Å². The minimum Gasteiger partial charge on any atom is -0.510 e. The van der Waals surface area contributed by atoms with Gasteiger partial charge >= 0.3 is 0 Å². The molecule has 0 aliphatic carbocycles. The van der Waals surface area contributed by atoms with Crippen LogP contribution in [0.25, 0.3) is 0 Å². The maximum Gasteiger partial charge on any atom is 0.127 e. The van der Waals surface area contributed by atoms with Crippen LogP contribution in [-0.2, 0) is 24.8 Å². The van der Waals surface area contributed by atoms with E-state index in [0.29, 0.717) is 6.42 Å². The van der Waals surface area contributed by atoms with E-state index in [0.717, 1.165) is 30.6 Å². The first-order valence-electron chi connectivity index (χ1n) is 9.44. The predicted octanol–water partition coefficient (Wildman–Crippen LogP) is 3.72. The third-order valence-electron chi connectivity index (χ3n) is 4.16. The van der Waals surface area contributed by atoms with Crippen LogP contribution in [0.4, 0.5) is 11.4 Å². The van der Waals surface area contributed by atoms with Gasteiger partial charge in [0.1, 0.15) is 6.29 Å². The van der Waals surface area contributed by atoms with Gasteiger partial charge in [0, 0.05) is 27.2 Å². The van der Waals surface area contributed by atoms with E-state index >= 15 is 0 Å². The number of hydrogen-bond donors (Lipinski definition) is 1. The van der Waals surface area contributed by atoms with Crippen molar-refractivity contribution in [2.75, 3.05) is 31.0 Å². The fraction of sp³-hybridized carbons (Fsp3) is 0.364. The van der Waals surface area contributed by atoms with E-state index in [4.69, 9.17) is 5.11 Å². The quantitative estimate of drug-likeness (QED) is 0.290. The minimum atomic E-state index is -0.621.